The second kappa shape index (κ2) is 35.3. The molecule has 0 bridgehead atoms. The molecule has 0 atom stereocenters. The molecular weight excluding hydrogens is 1520 g/mol. The summed E-state index contributed by atoms with van der Waals surface area (Å²) in [5, 5.41) is 23.0. The Morgan fingerprint density at radius 2 is 0.467 bits per heavy atom. The predicted octanol–water partition coefficient (Wildman–Crippen LogP) is 29.0. The van der Waals surface area contributed by atoms with E-state index < -0.39 is 11.2 Å². The fraction of sp³-hybridized carbons (Fsp3) is 0.0545. The highest BCUT2D eigenvalue weighted by molar-refractivity contribution is 7.26. The fourth-order valence-corrected chi connectivity index (χ4v) is 17.2. The minimum absolute atomic E-state index is 0.263. The number of nitrogens with zero attached hydrogens (tertiary/aromatic N) is 4. The molecule has 0 amide bonds. The van der Waals surface area contributed by atoms with Gasteiger partial charge in [0.15, 0.2) is 5.82 Å². The van der Waals surface area contributed by atoms with Gasteiger partial charge in [-0.05, 0) is 229 Å². The Morgan fingerprint density at radius 3 is 0.817 bits per heavy atom. The molecule has 4 heterocycles. The minimum Gasteiger partial charge on any atom is -0.387 e. The first-order valence-corrected chi connectivity index (χ1v) is 42.1. The molecule has 6 nitrogen and oxygen atoms in total. The molecule has 0 aliphatic carbocycles. The molecule has 0 fully saturated rings. The van der Waals surface area contributed by atoms with E-state index in [9.17, 15) is 0 Å². The Bertz CT molecular complexity index is 6880. The summed E-state index contributed by atoms with van der Waals surface area (Å²) in [6, 6.07) is 145. The smallest absolute Gasteiger partial charge is 0.224 e. The van der Waals surface area contributed by atoms with Crippen molar-refractivity contribution in [3.8, 4) is 145 Å². The van der Waals surface area contributed by atoms with Crippen LogP contribution >= 0.6 is 34.3 Å². The van der Waals surface area contributed by atoms with Crippen molar-refractivity contribution in [1.29, 1.82) is 0 Å². The summed E-state index contributed by atoms with van der Waals surface area (Å²) in [6.07, 6.45) is 0. The lowest BCUT2D eigenvalue weighted by molar-refractivity contribution is -0.107. The molecule has 0 unspecified atom stereocenters. The van der Waals surface area contributed by atoms with Crippen molar-refractivity contribution >= 4 is 88.2 Å². The lowest BCUT2D eigenvalue weighted by Crippen LogP contribution is -2.44. The molecule has 10 heteroatoms. The molecule has 4 aromatic heterocycles. The number of rotatable bonds is 14. The normalized spacial score (nSPS) is 11.3. The third kappa shape index (κ3) is 17.9. The van der Waals surface area contributed by atoms with Crippen molar-refractivity contribution in [3.05, 3.63) is 418 Å². The molecule has 0 spiro atoms. The van der Waals surface area contributed by atoms with Gasteiger partial charge in [-0.15, -0.1) is 22.7 Å². The van der Waals surface area contributed by atoms with E-state index in [1.807, 2.05) is 42.5 Å². The van der Waals surface area contributed by atoms with E-state index in [1.165, 1.54) is 98.2 Å². The minimum atomic E-state index is -1.01. The first kappa shape index (κ1) is 78.9. The van der Waals surface area contributed by atoms with Gasteiger partial charge < -0.3 is 10.2 Å². The lowest BCUT2D eigenvalue weighted by Gasteiger charge is -2.31. The van der Waals surface area contributed by atoms with Gasteiger partial charge in [-0.25, -0.2) is 19.9 Å². The molecule has 2 radical (unpaired) electrons. The molecular formula is C110H82BClN4O2S2. The number of halogens is 1. The second-order valence-electron chi connectivity index (χ2n) is 30.7. The third-order valence-electron chi connectivity index (χ3n) is 21.8. The van der Waals surface area contributed by atoms with Crippen LogP contribution in [0.3, 0.4) is 0 Å². The number of aliphatic hydroxyl groups is 2. The zero-order valence-corrected chi connectivity index (χ0v) is 69.1. The average Bonchev–Trinajstić information content (AvgIpc) is 1.59. The van der Waals surface area contributed by atoms with Gasteiger partial charge in [0.1, 0.15) is 17.5 Å². The van der Waals surface area contributed by atoms with Crippen molar-refractivity contribution in [2.75, 3.05) is 0 Å². The highest BCUT2D eigenvalue weighted by Crippen LogP contribution is 2.44. The van der Waals surface area contributed by atoms with Gasteiger partial charge in [-0.2, -0.15) is 0 Å². The Kier molecular flexibility index (Phi) is 23.2. The van der Waals surface area contributed by atoms with Gasteiger partial charge in [0.2, 0.25) is 5.28 Å². The summed E-state index contributed by atoms with van der Waals surface area (Å²) in [5.41, 5.74) is 27.2. The summed E-state index contributed by atoms with van der Waals surface area (Å²) >= 11 is 9.82. The second-order valence-corrected chi connectivity index (χ2v) is 33.1. The molecule has 20 rings (SSSR count). The van der Waals surface area contributed by atoms with Gasteiger partial charge in [-0.1, -0.05) is 339 Å². The van der Waals surface area contributed by atoms with Crippen LogP contribution in [0.4, 0.5) is 0 Å². The number of aromatic nitrogens is 4. The van der Waals surface area contributed by atoms with E-state index in [2.05, 4.69) is 375 Å². The highest BCUT2D eigenvalue weighted by Gasteiger charge is 2.32. The van der Waals surface area contributed by atoms with Crippen LogP contribution in [0.2, 0.25) is 5.28 Å². The van der Waals surface area contributed by atoms with Crippen molar-refractivity contribution in [2.45, 2.75) is 38.9 Å². The maximum Gasteiger partial charge on any atom is 0.224 e. The highest BCUT2D eigenvalue weighted by atomic mass is 35.5. The van der Waals surface area contributed by atoms with Crippen molar-refractivity contribution in [1.82, 2.24) is 19.9 Å². The number of fused-ring (bicyclic) bond motifs is 6. The first-order valence-electron chi connectivity index (χ1n) is 40.0. The van der Waals surface area contributed by atoms with E-state index in [0.29, 0.717) is 0 Å². The standard InChI is InChI=1S/C52H34N2S.C40H25ClN2S.C12H9B.C6H14O2/c1-4-15-35(16-5-1)38-21-14-26-43(31-38)51-53-50(49-47-27-10-11-28-48(47)55-52(49)54-51)42-25-13-23-40(30-42)39-22-12-24-41(29-39)46-33-44(36-17-6-2-7-18-36)32-45(34-46)37-19-8-3-9-20-37;41-40-42-38(37-35-19-7-8-20-36(35)44-39(37)43-40)31-18-10-16-29(22-31)28-15-9-17-30(21-28)34-24-32(26-11-3-1-4-12-26)23-33(25-34)27-13-5-2-6-14-27;13-12-8-4-7-11(9-12)10-5-2-1-3-6-10;1-5(2,7)6(3,4)8/h1-34H;1-25H;1-9H;7-8H,1-4H3. The van der Waals surface area contributed by atoms with E-state index in [4.69, 9.17) is 44.6 Å². The number of thiophene rings is 2. The number of hydrogen-bond donors (Lipinski definition) is 2. The molecule has 0 aliphatic heterocycles. The Balaban J connectivity index is 0.000000140. The molecule has 0 aliphatic rings. The number of hydrogen-bond acceptors (Lipinski definition) is 8. The SMILES string of the molecule is CC(C)(O)C(C)(C)O.Clc1nc(-c2cccc(-c3cccc(-c4cc(-c5ccccc5)cc(-c5ccccc5)c4)c3)c2)c2c(n1)sc1ccccc12.[B]c1cccc(-c2ccccc2)c1.c1ccc(-c2cc(-c3ccccc3)cc(-c3cccc(-c4cccc(-c5nc(-c6cccc(-c7ccccc7)c6)nc6sc7ccccc7c56)c4)c3)c2)cc1. The van der Waals surface area contributed by atoms with Gasteiger partial charge in [0, 0.05) is 47.6 Å². The molecule has 20 aromatic rings. The Morgan fingerprint density at radius 1 is 0.233 bits per heavy atom. The van der Waals surface area contributed by atoms with E-state index in [0.717, 1.165) is 93.0 Å². The Labute approximate surface area is 714 Å². The van der Waals surface area contributed by atoms with Crippen LogP contribution in [0, 0.1) is 0 Å². The van der Waals surface area contributed by atoms with Crippen molar-refractivity contribution in [2.24, 2.45) is 0 Å². The summed E-state index contributed by atoms with van der Waals surface area (Å²) in [4.78, 5) is 21.7. The molecule has 576 valence electrons. The Hall–Kier alpha value is -13.6. The van der Waals surface area contributed by atoms with Gasteiger partial charge in [0.25, 0.3) is 0 Å². The summed E-state index contributed by atoms with van der Waals surface area (Å²) < 4.78 is 2.39. The third-order valence-corrected chi connectivity index (χ3v) is 24.1. The van der Waals surface area contributed by atoms with E-state index in [1.54, 1.807) is 50.4 Å². The average molecular weight is 1600 g/mol. The van der Waals surface area contributed by atoms with E-state index in [-0.39, 0.29) is 5.28 Å². The van der Waals surface area contributed by atoms with Crippen LogP contribution in [0.15, 0.2) is 413 Å². The summed E-state index contributed by atoms with van der Waals surface area (Å²) in [5.74, 6) is 0.728. The van der Waals surface area contributed by atoms with Crippen molar-refractivity contribution in [3.63, 3.8) is 0 Å². The lowest BCUT2D eigenvalue weighted by atomic mass is 9.90. The zero-order chi connectivity index (χ0) is 82.1. The van der Waals surface area contributed by atoms with E-state index >= 15 is 0 Å². The molecule has 2 N–H and O–H groups in total. The van der Waals surface area contributed by atoms with Crippen LogP contribution in [0.1, 0.15) is 27.7 Å². The zero-order valence-electron chi connectivity index (χ0n) is 66.7. The van der Waals surface area contributed by atoms with Crippen LogP contribution < -0.4 is 5.46 Å². The van der Waals surface area contributed by atoms with Crippen LogP contribution in [-0.2, 0) is 0 Å². The fourth-order valence-electron chi connectivity index (χ4n) is 14.8. The largest absolute Gasteiger partial charge is 0.387 e. The van der Waals surface area contributed by atoms with Gasteiger partial charge in [0.05, 0.1) is 22.6 Å². The van der Waals surface area contributed by atoms with Crippen LogP contribution in [0.25, 0.3) is 186 Å². The topological polar surface area (TPSA) is 92.0 Å². The van der Waals surface area contributed by atoms with Gasteiger partial charge >= 0.3 is 0 Å². The quantitative estimate of drug-likeness (QED) is 0.0833. The monoisotopic (exact) mass is 1600 g/mol. The summed E-state index contributed by atoms with van der Waals surface area (Å²) in [6.45, 7) is 6.31. The number of benzene rings is 16. The predicted molar refractivity (Wildman–Crippen MR) is 510 cm³/mol. The maximum absolute atomic E-state index is 9.10. The molecule has 16 aromatic carbocycles. The first-order chi connectivity index (χ1) is 58.5. The maximum atomic E-state index is 9.10. The van der Waals surface area contributed by atoms with Crippen LogP contribution in [-0.4, -0.2) is 49.2 Å². The molecule has 0 saturated heterocycles. The molecule has 120 heavy (non-hydrogen) atoms. The van der Waals surface area contributed by atoms with Crippen molar-refractivity contribution < 1.29 is 10.2 Å². The molecule has 0 saturated carbocycles. The van der Waals surface area contributed by atoms with Gasteiger partial charge in [-0.3, -0.25) is 0 Å². The summed E-state index contributed by atoms with van der Waals surface area (Å²) in [7, 11) is 5.70. The van der Waals surface area contributed by atoms with Crippen LogP contribution in [0.5, 0.6) is 0 Å².